The second-order valence-electron chi connectivity index (χ2n) is 13.5. The molecule has 0 N–H and O–H groups in total. The van der Waals surface area contributed by atoms with E-state index in [1.54, 1.807) is 0 Å². The summed E-state index contributed by atoms with van der Waals surface area (Å²) >= 11 is 0. The molecule has 0 saturated heterocycles. The average Bonchev–Trinajstić information content (AvgIpc) is 2.92. The molecule has 39 heavy (non-hydrogen) atoms. The molecule has 212 valence electrons. The first kappa shape index (κ1) is 31.1. The predicted octanol–water partition coefficient (Wildman–Crippen LogP) is 10.7. The van der Waals surface area contributed by atoms with Crippen LogP contribution < -0.4 is 0 Å². The van der Waals surface area contributed by atoms with Crippen molar-refractivity contribution < 1.29 is 4.79 Å². The number of Topliss-reactive ketones (excluding diaryl/α,β-unsaturated/α-hetero) is 1. The minimum Gasteiger partial charge on any atom is -0.294 e. The molecule has 1 fully saturated rings. The number of hydrogen-bond acceptors (Lipinski definition) is 1. The highest BCUT2D eigenvalue weighted by molar-refractivity contribution is 5.96. The van der Waals surface area contributed by atoms with E-state index in [4.69, 9.17) is 0 Å². The van der Waals surface area contributed by atoms with Gasteiger partial charge in [0, 0.05) is 5.92 Å². The standard InChI is InChI=1S/C38H54O/c1-9-11-13-28(5)37(39)32-21-19-31(20-22-32)34(24-27(3)4)17-16-29-14-12-15-33(25-29)35-23-18-30(10-2)36(26-35)38(6,7)8/h9,11-15,18,23,25-27,31-32,34H,10,16-17,19-22,24H2,1-8H3. The second-order valence-corrected chi connectivity index (χ2v) is 13.5. The Kier molecular flexibility index (Phi) is 11.4. The van der Waals surface area contributed by atoms with E-state index in [9.17, 15) is 4.79 Å². The number of benzene rings is 2. The lowest BCUT2D eigenvalue weighted by molar-refractivity contribution is -0.120. The third kappa shape index (κ3) is 8.79. The first-order valence-corrected chi connectivity index (χ1v) is 15.6. The van der Waals surface area contributed by atoms with E-state index in [1.165, 1.54) is 53.5 Å². The van der Waals surface area contributed by atoms with Gasteiger partial charge in [0.2, 0.25) is 0 Å². The molecule has 3 rings (SSSR count). The van der Waals surface area contributed by atoms with Gasteiger partial charge in [-0.05, 0) is 122 Å². The quantitative estimate of drug-likeness (QED) is 0.210. The van der Waals surface area contributed by atoms with Gasteiger partial charge in [0.05, 0.1) is 0 Å². The summed E-state index contributed by atoms with van der Waals surface area (Å²) in [5.74, 6) is 2.78. The number of aryl methyl sites for hydroxylation is 2. The van der Waals surface area contributed by atoms with E-state index in [0.29, 0.717) is 11.7 Å². The fraction of sp³-hybridized carbons (Fsp3) is 0.553. The van der Waals surface area contributed by atoms with Gasteiger partial charge in [-0.15, -0.1) is 0 Å². The molecule has 1 atom stereocenters. The summed E-state index contributed by atoms with van der Waals surface area (Å²) in [5.41, 5.74) is 8.10. The van der Waals surface area contributed by atoms with E-state index in [0.717, 1.165) is 43.1 Å². The van der Waals surface area contributed by atoms with Crippen molar-refractivity contribution in [3.8, 4) is 11.1 Å². The zero-order chi connectivity index (χ0) is 28.6. The van der Waals surface area contributed by atoms with Crippen LogP contribution in [0.3, 0.4) is 0 Å². The van der Waals surface area contributed by atoms with E-state index < -0.39 is 0 Å². The summed E-state index contributed by atoms with van der Waals surface area (Å²) in [4.78, 5) is 12.9. The zero-order valence-electron chi connectivity index (χ0n) is 26.1. The van der Waals surface area contributed by atoms with Gasteiger partial charge in [0.25, 0.3) is 0 Å². The highest BCUT2D eigenvalue weighted by atomic mass is 16.1. The molecule has 1 saturated carbocycles. The lowest BCUT2D eigenvalue weighted by atomic mass is 9.70. The Hall–Kier alpha value is -2.41. The molecular weight excluding hydrogens is 472 g/mol. The molecule has 0 amide bonds. The van der Waals surface area contributed by atoms with Gasteiger partial charge >= 0.3 is 0 Å². The number of carbonyl (C=O) groups excluding carboxylic acids is 1. The van der Waals surface area contributed by atoms with Crippen molar-refractivity contribution in [3.63, 3.8) is 0 Å². The van der Waals surface area contributed by atoms with Crippen LogP contribution in [0.1, 0.15) is 111 Å². The summed E-state index contributed by atoms with van der Waals surface area (Å²) in [6, 6.07) is 16.3. The molecule has 1 aliphatic rings. The van der Waals surface area contributed by atoms with Crippen molar-refractivity contribution in [2.24, 2.45) is 23.7 Å². The Balaban J connectivity index is 1.69. The van der Waals surface area contributed by atoms with Gasteiger partial charge < -0.3 is 0 Å². The van der Waals surface area contributed by atoms with Crippen molar-refractivity contribution in [1.82, 2.24) is 0 Å². The van der Waals surface area contributed by atoms with Crippen LogP contribution in [0, 0.1) is 23.7 Å². The number of rotatable bonds is 11. The van der Waals surface area contributed by atoms with Gasteiger partial charge in [-0.3, -0.25) is 4.79 Å². The monoisotopic (exact) mass is 526 g/mol. The van der Waals surface area contributed by atoms with Crippen molar-refractivity contribution in [1.29, 1.82) is 0 Å². The number of hydrogen-bond donors (Lipinski definition) is 0. The number of ketones is 1. The zero-order valence-corrected chi connectivity index (χ0v) is 26.1. The molecule has 0 bridgehead atoms. The molecule has 0 aromatic heterocycles. The molecule has 0 heterocycles. The highest BCUT2D eigenvalue weighted by Gasteiger charge is 2.31. The minimum atomic E-state index is 0.147. The number of allylic oxidation sites excluding steroid dienone is 4. The van der Waals surface area contributed by atoms with Crippen LogP contribution in [0.25, 0.3) is 11.1 Å². The van der Waals surface area contributed by atoms with Crippen LogP contribution in [0.2, 0.25) is 0 Å². The molecule has 2 aromatic carbocycles. The Bertz CT molecular complexity index is 1130. The first-order valence-electron chi connectivity index (χ1n) is 15.6. The number of carbonyl (C=O) groups is 1. The Morgan fingerprint density at radius 2 is 1.69 bits per heavy atom. The van der Waals surface area contributed by atoms with Gasteiger partial charge in [-0.2, -0.15) is 0 Å². The normalized spacial score (nSPS) is 19.6. The Morgan fingerprint density at radius 1 is 1.00 bits per heavy atom. The molecule has 0 aliphatic heterocycles. The summed E-state index contributed by atoms with van der Waals surface area (Å²) in [6.07, 6.45) is 15.2. The maximum Gasteiger partial charge on any atom is 0.161 e. The van der Waals surface area contributed by atoms with Crippen molar-refractivity contribution in [2.45, 2.75) is 112 Å². The van der Waals surface area contributed by atoms with Gasteiger partial charge in [-0.1, -0.05) is 102 Å². The van der Waals surface area contributed by atoms with Crippen LogP contribution in [0.5, 0.6) is 0 Å². The van der Waals surface area contributed by atoms with Crippen LogP contribution in [0.15, 0.2) is 66.3 Å². The minimum absolute atomic E-state index is 0.147. The second kappa shape index (κ2) is 14.3. The van der Waals surface area contributed by atoms with Gasteiger partial charge in [0.1, 0.15) is 0 Å². The van der Waals surface area contributed by atoms with Crippen LogP contribution in [0.4, 0.5) is 0 Å². The van der Waals surface area contributed by atoms with Crippen molar-refractivity contribution in [3.05, 3.63) is 83.0 Å². The fourth-order valence-corrected chi connectivity index (χ4v) is 6.67. The van der Waals surface area contributed by atoms with E-state index >= 15 is 0 Å². The molecule has 1 heteroatoms. The lowest BCUT2D eigenvalue weighted by Gasteiger charge is -2.34. The predicted molar refractivity (Wildman–Crippen MR) is 170 cm³/mol. The summed E-state index contributed by atoms with van der Waals surface area (Å²) in [6.45, 7) is 17.9. The summed E-state index contributed by atoms with van der Waals surface area (Å²) in [5, 5.41) is 0. The lowest BCUT2D eigenvalue weighted by Crippen LogP contribution is -2.27. The third-order valence-corrected chi connectivity index (χ3v) is 8.87. The molecule has 0 radical (unpaired) electrons. The third-order valence-electron chi connectivity index (χ3n) is 8.87. The molecular formula is C38H54O. The van der Waals surface area contributed by atoms with Crippen molar-refractivity contribution >= 4 is 5.78 Å². The first-order chi connectivity index (χ1) is 18.5. The van der Waals surface area contributed by atoms with E-state index in [2.05, 4.69) is 84.0 Å². The van der Waals surface area contributed by atoms with E-state index in [-0.39, 0.29) is 11.3 Å². The molecule has 0 spiro atoms. The Morgan fingerprint density at radius 3 is 2.31 bits per heavy atom. The SMILES string of the molecule is CC=CC=C(C)C(=O)C1CCC(C(CCc2cccc(-c3ccc(CC)c(C(C)(C)C)c3)c2)CC(C)C)CC1. The van der Waals surface area contributed by atoms with Gasteiger partial charge in [0.15, 0.2) is 5.78 Å². The Labute approximate surface area is 240 Å². The molecule has 1 unspecified atom stereocenters. The maximum atomic E-state index is 12.9. The van der Waals surface area contributed by atoms with E-state index in [1.807, 2.05) is 32.1 Å². The highest BCUT2D eigenvalue weighted by Crippen LogP contribution is 2.39. The topological polar surface area (TPSA) is 17.1 Å². The van der Waals surface area contributed by atoms with Crippen LogP contribution in [-0.2, 0) is 23.1 Å². The fourth-order valence-electron chi connectivity index (χ4n) is 6.67. The van der Waals surface area contributed by atoms with Crippen molar-refractivity contribution in [2.75, 3.05) is 0 Å². The summed E-state index contributed by atoms with van der Waals surface area (Å²) < 4.78 is 0. The molecule has 2 aromatic rings. The van der Waals surface area contributed by atoms with Gasteiger partial charge in [-0.25, -0.2) is 0 Å². The smallest absolute Gasteiger partial charge is 0.161 e. The largest absolute Gasteiger partial charge is 0.294 e. The molecule has 1 aliphatic carbocycles. The van der Waals surface area contributed by atoms with Crippen LogP contribution >= 0.6 is 0 Å². The average molecular weight is 527 g/mol. The maximum absolute atomic E-state index is 12.9. The van der Waals surface area contributed by atoms with Crippen LogP contribution in [-0.4, -0.2) is 5.78 Å². The molecule has 1 nitrogen and oxygen atoms in total. The summed E-state index contributed by atoms with van der Waals surface area (Å²) in [7, 11) is 0.